The van der Waals surface area contributed by atoms with Gasteiger partial charge in [-0.1, -0.05) is 36.4 Å². The molecule has 0 saturated heterocycles. The predicted molar refractivity (Wildman–Crippen MR) is 126 cm³/mol. The number of nitrogens with one attached hydrogen (secondary N) is 1. The number of carbonyl (C=O) groups excluding carboxylic acids is 1. The molecule has 3 N–H and O–H groups in total. The SMILES string of the molecule is NC(=Nc1ccc2c(c1)CCCN2CCNC(=O)OCc1ccccc1)c1cccs1. The van der Waals surface area contributed by atoms with Gasteiger partial charge in [0.15, 0.2) is 0 Å². The van der Waals surface area contributed by atoms with Crippen LogP contribution in [-0.4, -0.2) is 31.6 Å². The number of amidine groups is 1. The van der Waals surface area contributed by atoms with Crippen LogP contribution in [0.5, 0.6) is 0 Å². The standard InChI is InChI=1S/C24H26N4O2S/c25-23(22-9-5-15-31-22)27-20-10-11-21-19(16-20)8-4-13-28(21)14-12-26-24(29)30-17-18-6-2-1-3-7-18/h1-3,5-7,9-11,15-16H,4,8,12-14,17H2,(H2,25,27)(H,26,29). The summed E-state index contributed by atoms with van der Waals surface area (Å²) >= 11 is 1.58. The van der Waals surface area contributed by atoms with E-state index in [0.29, 0.717) is 12.4 Å². The second kappa shape index (κ2) is 10.1. The summed E-state index contributed by atoms with van der Waals surface area (Å²) in [4.78, 5) is 19.8. The number of nitrogens with two attached hydrogens (primary N) is 1. The van der Waals surface area contributed by atoms with Gasteiger partial charge in [-0.2, -0.15) is 0 Å². The van der Waals surface area contributed by atoms with E-state index in [1.54, 1.807) is 11.3 Å². The highest BCUT2D eigenvalue weighted by atomic mass is 32.1. The molecule has 0 unspecified atom stereocenters. The first kappa shape index (κ1) is 20.9. The van der Waals surface area contributed by atoms with Crippen LogP contribution < -0.4 is 16.0 Å². The summed E-state index contributed by atoms with van der Waals surface area (Å²) < 4.78 is 5.28. The Bertz CT molecular complexity index is 1030. The minimum absolute atomic E-state index is 0.275. The highest BCUT2D eigenvalue weighted by Gasteiger charge is 2.17. The number of anilines is 1. The van der Waals surface area contributed by atoms with E-state index in [0.717, 1.165) is 42.1 Å². The van der Waals surface area contributed by atoms with E-state index < -0.39 is 6.09 Å². The molecule has 1 aromatic heterocycles. The number of alkyl carbamates (subject to hydrolysis) is 1. The van der Waals surface area contributed by atoms with E-state index in [-0.39, 0.29) is 6.61 Å². The average molecular weight is 435 g/mol. The van der Waals surface area contributed by atoms with Crippen LogP contribution >= 0.6 is 11.3 Å². The van der Waals surface area contributed by atoms with Gasteiger partial charge in [-0.25, -0.2) is 9.79 Å². The summed E-state index contributed by atoms with van der Waals surface area (Å²) in [5, 5.41) is 4.84. The molecule has 6 nitrogen and oxygen atoms in total. The molecule has 4 rings (SSSR count). The molecule has 3 aromatic rings. The third-order valence-electron chi connectivity index (χ3n) is 5.16. The molecule has 2 heterocycles. The van der Waals surface area contributed by atoms with Gasteiger partial charge >= 0.3 is 6.09 Å². The van der Waals surface area contributed by atoms with E-state index in [1.807, 2.05) is 53.9 Å². The first-order valence-electron chi connectivity index (χ1n) is 10.4. The highest BCUT2D eigenvalue weighted by Crippen LogP contribution is 2.30. The first-order chi connectivity index (χ1) is 15.2. The molecule has 0 radical (unpaired) electrons. The summed E-state index contributed by atoms with van der Waals surface area (Å²) in [6, 6.07) is 19.8. The number of aliphatic imine (C=N–C) groups is 1. The van der Waals surface area contributed by atoms with Crippen molar-refractivity contribution in [3.8, 4) is 0 Å². The molecule has 1 aliphatic rings. The highest BCUT2D eigenvalue weighted by molar-refractivity contribution is 7.12. The van der Waals surface area contributed by atoms with Crippen molar-refractivity contribution in [2.24, 2.45) is 10.7 Å². The second-order valence-electron chi connectivity index (χ2n) is 7.37. The Morgan fingerprint density at radius 3 is 2.84 bits per heavy atom. The molecule has 0 bridgehead atoms. The summed E-state index contributed by atoms with van der Waals surface area (Å²) in [6.45, 7) is 2.50. The molecule has 2 aromatic carbocycles. The Kier molecular flexibility index (Phi) is 6.84. The van der Waals surface area contributed by atoms with Crippen LogP contribution in [0.2, 0.25) is 0 Å². The Balaban J connectivity index is 1.31. The number of nitrogens with zero attached hydrogens (tertiary/aromatic N) is 2. The molecule has 1 amide bonds. The van der Waals surface area contributed by atoms with Gasteiger partial charge in [0.1, 0.15) is 12.4 Å². The zero-order chi connectivity index (χ0) is 21.5. The quantitative estimate of drug-likeness (QED) is 0.425. The largest absolute Gasteiger partial charge is 0.445 e. The van der Waals surface area contributed by atoms with Crippen LogP contribution in [0.1, 0.15) is 22.4 Å². The molecule has 0 aliphatic carbocycles. The zero-order valence-electron chi connectivity index (χ0n) is 17.3. The van der Waals surface area contributed by atoms with Crippen molar-refractivity contribution in [3.63, 3.8) is 0 Å². The molecule has 1 aliphatic heterocycles. The van der Waals surface area contributed by atoms with Gasteiger partial charge in [0.05, 0.1) is 10.6 Å². The van der Waals surface area contributed by atoms with E-state index in [4.69, 9.17) is 10.5 Å². The number of fused-ring (bicyclic) bond motifs is 1. The van der Waals surface area contributed by atoms with E-state index >= 15 is 0 Å². The number of thiophene rings is 1. The fourth-order valence-electron chi connectivity index (χ4n) is 3.65. The monoisotopic (exact) mass is 434 g/mol. The lowest BCUT2D eigenvalue weighted by Gasteiger charge is -2.31. The summed E-state index contributed by atoms with van der Waals surface area (Å²) in [5.74, 6) is 0.542. The molecule has 0 atom stereocenters. The minimum atomic E-state index is -0.394. The lowest BCUT2D eigenvalue weighted by molar-refractivity contribution is 0.140. The molecule has 160 valence electrons. The van der Waals surface area contributed by atoms with Crippen LogP contribution in [0.15, 0.2) is 71.0 Å². The van der Waals surface area contributed by atoms with Crippen LogP contribution in [-0.2, 0) is 17.8 Å². The van der Waals surface area contributed by atoms with Crippen molar-refractivity contribution in [1.82, 2.24) is 5.32 Å². The number of hydrogen-bond donors (Lipinski definition) is 2. The second-order valence-corrected chi connectivity index (χ2v) is 8.31. The number of benzene rings is 2. The lowest BCUT2D eigenvalue weighted by atomic mass is 10.0. The molecule has 0 fully saturated rings. The number of ether oxygens (including phenoxy) is 1. The van der Waals surface area contributed by atoms with Crippen LogP contribution in [0, 0.1) is 0 Å². The topological polar surface area (TPSA) is 80.0 Å². The van der Waals surface area contributed by atoms with Crippen molar-refractivity contribution < 1.29 is 9.53 Å². The predicted octanol–water partition coefficient (Wildman–Crippen LogP) is 4.46. The normalized spacial score (nSPS) is 13.5. The fourth-order valence-corrected chi connectivity index (χ4v) is 4.28. The first-order valence-corrected chi connectivity index (χ1v) is 11.3. The number of hydrogen-bond acceptors (Lipinski definition) is 5. The molecule has 31 heavy (non-hydrogen) atoms. The van der Waals surface area contributed by atoms with Gasteiger partial charge in [-0.05, 0) is 53.6 Å². The van der Waals surface area contributed by atoms with Gasteiger partial charge in [-0.15, -0.1) is 11.3 Å². The van der Waals surface area contributed by atoms with Gasteiger partial charge in [0.25, 0.3) is 0 Å². The van der Waals surface area contributed by atoms with Gasteiger partial charge < -0.3 is 20.7 Å². The van der Waals surface area contributed by atoms with Gasteiger partial charge in [0.2, 0.25) is 0 Å². The summed E-state index contributed by atoms with van der Waals surface area (Å²) in [6.07, 6.45) is 1.69. The molecule has 0 spiro atoms. The van der Waals surface area contributed by atoms with Crippen molar-refractivity contribution in [2.75, 3.05) is 24.5 Å². The number of aryl methyl sites for hydroxylation is 1. The van der Waals surface area contributed by atoms with Crippen LogP contribution in [0.25, 0.3) is 0 Å². The minimum Gasteiger partial charge on any atom is -0.445 e. The Morgan fingerprint density at radius 2 is 2.03 bits per heavy atom. The maximum absolute atomic E-state index is 12.0. The Morgan fingerprint density at radius 1 is 1.16 bits per heavy atom. The summed E-state index contributed by atoms with van der Waals surface area (Å²) in [5.41, 5.74) is 10.4. The van der Waals surface area contributed by atoms with Crippen molar-refractivity contribution >= 4 is 34.6 Å². The van der Waals surface area contributed by atoms with E-state index in [1.165, 1.54) is 11.3 Å². The van der Waals surface area contributed by atoms with Crippen LogP contribution in [0.3, 0.4) is 0 Å². The Hall–Kier alpha value is -3.32. The smallest absolute Gasteiger partial charge is 0.407 e. The third kappa shape index (κ3) is 5.64. The maximum atomic E-state index is 12.0. The van der Waals surface area contributed by atoms with Gasteiger partial charge in [-0.3, -0.25) is 0 Å². The number of amides is 1. The van der Waals surface area contributed by atoms with E-state index in [2.05, 4.69) is 27.3 Å². The molecular weight excluding hydrogens is 408 g/mol. The Labute approximate surface area is 186 Å². The zero-order valence-corrected chi connectivity index (χ0v) is 18.1. The number of rotatable bonds is 7. The van der Waals surface area contributed by atoms with Crippen molar-refractivity contribution in [3.05, 3.63) is 82.0 Å². The fraction of sp³-hybridized carbons (Fsp3) is 0.250. The molecule has 7 heteroatoms. The molecular formula is C24H26N4O2S. The average Bonchev–Trinajstić information content (AvgIpc) is 3.34. The third-order valence-corrected chi connectivity index (χ3v) is 6.06. The van der Waals surface area contributed by atoms with Crippen LogP contribution in [0.4, 0.5) is 16.2 Å². The van der Waals surface area contributed by atoms with Gasteiger partial charge in [0, 0.05) is 25.3 Å². The lowest BCUT2D eigenvalue weighted by Crippen LogP contribution is -2.37. The van der Waals surface area contributed by atoms with Crippen molar-refractivity contribution in [1.29, 1.82) is 0 Å². The number of carbonyl (C=O) groups is 1. The van der Waals surface area contributed by atoms with E-state index in [9.17, 15) is 4.79 Å². The van der Waals surface area contributed by atoms with Crippen molar-refractivity contribution in [2.45, 2.75) is 19.4 Å². The molecule has 0 saturated carbocycles. The summed E-state index contributed by atoms with van der Waals surface area (Å²) in [7, 11) is 0. The maximum Gasteiger partial charge on any atom is 0.407 e.